The Morgan fingerprint density at radius 1 is 0.313 bits per heavy atom. The van der Waals surface area contributed by atoms with Gasteiger partial charge >= 0.3 is 17.9 Å². The van der Waals surface area contributed by atoms with Crippen LogP contribution in [0, 0.1) is 0 Å². The average molecular weight is 925 g/mol. The number of allylic oxidation sites excluding steroid dienone is 22. The minimum absolute atomic E-state index is 0.121. The van der Waals surface area contributed by atoms with Gasteiger partial charge in [-0.1, -0.05) is 206 Å². The topological polar surface area (TPSA) is 78.9 Å². The highest BCUT2D eigenvalue weighted by Gasteiger charge is 2.19. The maximum Gasteiger partial charge on any atom is 0.306 e. The first-order valence-electron chi connectivity index (χ1n) is 26.7. The van der Waals surface area contributed by atoms with E-state index in [1.165, 1.54) is 25.7 Å². The molecule has 0 aromatic carbocycles. The van der Waals surface area contributed by atoms with Crippen LogP contribution in [-0.2, 0) is 28.6 Å². The van der Waals surface area contributed by atoms with Crippen molar-refractivity contribution >= 4 is 17.9 Å². The Hall–Kier alpha value is -4.45. The fourth-order valence-electron chi connectivity index (χ4n) is 6.69. The van der Waals surface area contributed by atoms with Crippen molar-refractivity contribution in [3.05, 3.63) is 134 Å². The zero-order valence-electron chi connectivity index (χ0n) is 42.9. The Bertz CT molecular complexity index is 1480. The second kappa shape index (κ2) is 54.2. The van der Waals surface area contributed by atoms with Crippen LogP contribution in [0.4, 0.5) is 0 Å². The standard InChI is InChI=1S/C61H96O6/c1-4-7-10-13-16-19-22-25-28-29-30-31-34-36-39-42-45-48-51-54-60(63)66-57-58(67-61(64)55-52-49-46-43-40-37-33-27-24-21-18-15-12-9-6-3)56-65-59(62)53-50-47-44-41-38-35-32-26-23-20-17-14-11-8-5-2/h7,9-10,12,16-21,25-28,30-33,36,39,45,48,58H,4-6,8,11,13-15,22-24,29,34-35,37-38,40-44,46-47,49-57H2,1-3H3/b10-7-,12-9-,19-16-,20-17-,21-18-,28-25-,31-30-,32-26-,33-27-,39-36-,48-45-/t58-/m0/s1. The lowest BCUT2D eigenvalue weighted by atomic mass is 10.1. The van der Waals surface area contributed by atoms with E-state index < -0.39 is 6.10 Å². The largest absolute Gasteiger partial charge is 0.462 e. The lowest BCUT2D eigenvalue weighted by Gasteiger charge is -2.18. The number of esters is 3. The van der Waals surface area contributed by atoms with Crippen LogP contribution in [0.5, 0.6) is 0 Å². The molecule has 0 aromatic heterocycles. The first kappa shape index (κ1) is 62.5. The van der Waals surface area contributed by atoms with Crippen LogP contribution in [0.2, 0.25) is 0 Å². The number of carbonyl (C=O) groups excluding carboxylic acids is 3. The van der Waals surface area contributed by atoms with Gasteiger partial charge < -0.3 is 14.2 Å². The molecule has 376 valence electrons. The molecule has 67 heavy (non-hydrogen) atoms. The first-order chi connectivity index (χ1) is 33.0. The van der Waals surface area contributed by atoms with Gasteiger partial charge in [0.15, 0.2) is 6.10 Å². The molecule has 0 heterocycles. The normalized spacial score (nSPS) is 13.2. The van der Waals surface area contributed by atoms with E-state index in [1.54, 1.807) is 0 Å². The smallest absolute Gasteiger partial charge is 0.306 e. The molecule has 0 aromatic rings. The quantitative estimate of drug-likeness (QED) is 0.0262. The average Bonchev–Trinajstić information content (AvgIpc) is 3.33. The molecule has 0 aliphatic carbocycles. The Morgan fingerprint density at radius 2 is 0.612 bits per heavy atom. The third kappa shape index (κ3) is 52.4. The van der Waals surface area contributed by atoms with Crippen molar-refractivity contribution in [1.82, 2.24) is 0 Å². The lowest BCUT2D eigenvalue weighted by molar-refractivity contribution is -0.166. The predicted octanol–water partition coefficient (Wildman–Crippen LogP) is 17.9. The second-order valence-electron chi connectivity index (χ2n) is 17.0. The molecule has 1 atom stereocenters. The van der Waals surface area contributed by atoms with Gasteiger partial charge in [0.1, 0.15) is 13.2 Å². The SMILES string of the molecule is CC/C=C\C/C=C\C/C=C\C/C=C\C/C=C\C/C=C\CCC(=O)OC[C@H](COC(=O)CCCCCCC/C=C\C/C=C\CCCCC)OC(=O)CCCCCCC/C=C\C/C=C\C/C=C\CC. The third-order valence-corrected chi connectivity index (χ3v) is 10.6. The monoisotopic (exact) mass is 925 g/mol. The van der Waals surface area contributed by atoms with Crippen molar-refractivity contribution in [3.8, 4) is 0 Å². The van der Waals surface area contributed by atoms with Crippen LogP contribution in [0.3, 0.4) is 0 Å². The van der Waals surface area contributed by atoms with Gasteiger partial charge in [-0.05, 0) is 122 Å². The Morgan fingerprint density at radius 3 is 1.00 bits per heavy atom. The molecule has 0 saturated heterocycles. The van der Waals surface area contributed by atoms with E-state index in [9.17, 15) is 14.4 Å². The van der Waals surface area contributed by atoms with E-state index in [1.807, 2.05) is 12.2 Å². The molecule has 0 bridgehead atoms. The minimum Gasteiger partial charge on any atom is -0.462 e. The van der Waals surface area contributed by atoms with Crippen molar-refractivity contribution in [3.63, 3.8) is 0 Å². The Balaban J connectivity index is 4.58. The molecule has 0 amide bonds. The summed E-state index contributed by atoms with van der Waals surface area (Å²) in [5.74, 6) is -1.05. The summed E-state index contributed by atoms with van der Waals surface area (Å²) < 4.78 is 16.7. The van der Waals surface area contributed by atoms with Gasteiger partial charge in [-0.3, -0.25) is 14.4 Å². The minimum atomic E-state index is -0.828. The number of unbranched alkanes of at least 4 members (excludes halogenated alkanes) is 13. The molecule has 0 spiro atoms. The van der Waals surface area contributed by atoms with E-state index in [2.05, 4.69) is 142 Å². The van der Waals surface area contributed by atoms with Crippen LogP contribution in [0.15, 0.2) is 134 Å². The summed E-state index contributed by atoms with van der Waals surface area (Å²) in [7, 11) is 0. The van der Waals surface area contributed by atoms with Crippen LogP contribution >= 0.6 is 0 Å². The summed E-state index contributed by atoms with van der Waals surface area (Å²) in [6.45, 7) is 6.28. The highest BCUT2D eigenvalue weighted by Crippen LogP contribution is 2.12. The number of rotatable bonds is 46. The highest BCUT2D eigenvalue weighted by atomic mass is 16.6. The van der Waals surface area contributed by atoms with Gasteiger partial charge in [-0.2, -0.15) is 0 Å². The molecule has 6 nitrogen and oxygen atoms in total. The maximum absolute atomic E-state index is 12.8. The lowest BCUT2D eigenvalue weighted by Crippen LogP contribution is -2.30. The zero-order chi connectivity index (χ0) is 48.6. The van der Waals surface area contributed by atoms with Gasteiger partial charge in [-0.15, -0.1) is 0 Å². The molecule has 0 aliphatic heterocycles. The van der Waals surface area contributed by atoms with E-state index in [-0.39, 0.29) is 44.0 Å². The predicted molar refractivity (Wildman–Crippen MR) is 288 cm³/mol. The molecular formula is C61H96O6. The zero-order valence-corrected chi connectivity index (χ0v) is 42.9. The molecule has 0 fully saturated rings. The van der Waals surface area contributed by atoms with Gasteiger partial charge in [0, 0.05) is 19.3 Å². The summed E-state index contributed by atoms with van der Waals surface area (Å²) in [5.41, 5.74) is 0. The summed E-state index contributed by atoms with van der Waals surface area (Å²) >= 11 is 0. The number of hydrogen-bond acceptors (Lipinski definition) is 6. The third-order valence-electron chi connectivity index (χ3n) is 10.6. The fraction of sp³-hybridized carbons (Fsp3) is 0.590. The number of carbonyl (C=O) groups is 3. The summed E-state index contributed by atoms with van der Waals surface area (Å²) in [6, 6.07) is 0. The molecule has 0 saturated carbocycles. The number of hydrogen-bond donors (Lipinski definition) is 0. The van der Waals surface area contributed by atoms with Gasteiger partial charge in [0.05, 0.1) is 0 Å². The van der Waals surface area contributed by atoms with E-state index in [0.717, 1.165) is 141 Å². The summed E-state index contributed by atoms with van der Waals surface area (Å²) in [5, 5.41) is 0. The van der Waals surface area contributed by atoms with Gasteiger partial charge in [-0.25, -0.2) is 0 Å². The molecule has 0 unspecified atom stereocenters. The molecule has 6 heteroatoms. The maximum atomic E-state index is 12.8. The fourth-order valence-corrected chi connectivity index (χ4v) is 6.69. The molecule has 0 N–H and O–H groups in total. The molecular weight excluding hydrogens is 829 g/mol. The van der Waals surface area contributed by atoms with Gasteiger partial charge in [0.25, 0.3) is 0 Å². The van der Waals surface area contributed by atoms with E-state index in [0.29, 0.717) is 12.8 Å². The molecule has 0 rings (SSSR count). The van der Waals surface area contributed by atoms with Crippen LogP contribution in [-0.4, -0.2) is 37.2 Å². The Labute approximate surface area is 411 Å². The van der Waals surface area contributed by atoms with Crippen LogP contribution < -0.4 is 0 Å². The second-order valence-corrected chi connectivity index (χ2v) is 17.0. The van der Waals surface area contributed by atoms with Crippen molar-refractivity contribution in [2.24, 2.45) is 0 Å². The molecule has 0 radical (unpaired) electrons. The highest BCUT2D eigenvalue weighted by molar-refractivity contribution is 5.71. The Kier molecular flexibility index (Phi) is 50.6. The summed E-state index contributed by atoms with van der Waals surface area (Å²) in [4.78, 5) is 38.0. The van der Waals surface area contributed by atoms with E-state index in [4.69, 9.17) is 14.2 Å². The summed E-state index contributed by atoms with van der Waals surface area (Å²) in [6.07, 6.45) is 75.9. The van der Waals surface area contributed by atoms with E-state index >= 15 is 0 Å². The van der Waals surface area contributed by atoms with Crippen molar-refractivity contribution in [1.29, 1.82) is 0 Å². The number of ether oxygens (including phenoxy) is 3. The first-order valence-corrected chi connectivity index (χ1v) is 26.7. The van der Waals surface area contributed by atoms with Crippen molar-refractivity contribution in [2.75, 3.05) is 13.2 Å². The molecule has 0 aliphatic rings. The van der Waals surface area contributed by atoms with Crippen LogP contribution in [0.25, 0.3) is 0 Å². The van der Waals surface area contributed by atoms with Crippen molar-refractivity contribution < 1.29 is 28.6 Å². The van der Waals surface area contributed by atoms with Gasteiger partial charge in [0.2, 0.25) is 0 Å². The van der Waals surface area contributed by atoms with Crippen LogP contribution in [0.1, 0.15) is 213 Å². The van der Waals surface area contributed by atoms with Crippen molar-refractivity contribution in [2.45, 2.75) is 219 Å².